The minimum absolute atomic E-state index is 0.0176. The Balaban J connectivity index is 1.77. The highest BCUT2D eigenvalue weighted by molar-refractivity contribution is 8.13. The second-order valence-electron chi connectivity index (χ2n) is 5.82. The van der Waals surface area contributed by atoms with Crippen LogP contribution in [0.4, 0.5) is 0 Å². The molecule has 4 heteroatoms. The van der Waals surface area contributed by atoms with E-state index in [1.54, 1.807) is 11.8 Å². The molecule has 132 valence electrons. The maximum absolute atomic E-state index is 12.9. The molecule has 0 aromatic heterocycles. The fraction of sp³-hybridized carbons (Fsp3) is 0.136. The molecule has 2 atom stereocenters. The Hall–Kier alpha value is -2.01. The lowest BCUT2D eigenvalue weighted by Crippen LogP contribution is -2.22. The van der Waals surface area contributed by atoms with E-state index in [0.717, 1.165) is 15.4 Å². The number of aliphatic hydroxyl groups excluding tert-OH is 1. The maximum atomic E-state index is 12.9. The summed E-state index contributed by atoms with van der Waals surface area (Å²) in [6.07, 6.45) is -0.823. The molecule has 3 aromatic rings. The molecule has 0 radical (unpaired) electrons. The topological polar surface area (TPSA) is 37.3 Å². The molecule has 0 saturated heterocycles. The van der Waals surface area contributed by atoms with E-state index in [-0.39, 0.29) is 5.12 Å². The van der Waals surface area contributed by atoms with Crippen LogP contribution in [0.1, 0.15) is 11.7 Å². The van der Waals surface area contributed by atoms with Gasteiger partial charge in [0.05, 0.1) is 12.0 Å². The van der Waals surface area contributed by atoms with Gasteiger partial charge in [-0.15, -0.1) is 11.8 Å². The van der Waals surface area contributed by atoms with Crippen LogP contribution in [0.15, 0.2) is 101 Å². The highest BCUT2D eigenvalue weighted by atomic mass is 32.2. The zero-order valence-corrected chi connectivity index (χ0v) is 15.8. The van der Waals surface area contributed by atoms with Gasteiger partial charge in [0.1, 0.15) is 0 Å². The number of hydrogen-bond acceptors (Lipinski definition) is 4. The molecule has 3 aromatic carbocycles. The number of carbonyl (C=O) groups excluding carboxylic acids is 1. The van der Waals surface area contributed by atoms with Crippen LogP contribution in [-0.4, -0.2) is 16.0 Å². The average molecular weight is 381 g/mol. The first-order valence-electron chi connectivity index (χ1n) is 8.41. The van der Waals surface area contributed by atoms with Crippen LogP contribution < -0.4 is 0 Å². The Morgan fingerprint density at radius 2 is 1.27 bits per heavy atom. The van der Waals surface area contributed by atoms with E-state index in [9.17, 15) is 9.90 Å². The summed E-state index contributed by atoms with van der Waals surface area (Å²) >= 11 is 2.79. The quantitative estimate of drug-likeness (QED) is 0.553. The summed E-state index contributed by atoms with van der Waals surface area (Å²) in [5.74, 6) is 0.0338. The van der Waals surface area contributed by atoms with Gasteiger partial charge in [-0.05, 0) is 29.8 Å². The molecule has 26 heavy (non-hydrogen) atoms. The smallest absolute Gasteiger partial charge is 0.200 e. The predicted molar refractivity (Wildman–Crippen MR) is 109 cm³/mol. The Bertz CT molecular complexity index is 807. The summed E-state index contributed by atoms with van der Waals surface area (Å²) in [7, 11) is 0. The van der Waals surface area contributed by atoms with Crippen molar-refractivity contribution in [3.8, 4) is 0 Å². The van der Waals surface area contributed by atoms with Crippen LogP contribution in [0.5, 0.6) is 0 Å². The Morgan fingerprint density at radius 1 is 0.769 bits per heavy atom. The fourth-order valence-electron chi connectivity index (χ4n) is 2.55. The second kappa shape index (κ2) is 9.62. The van der Waals surface area contributed by atoms with Crippen molar-refractivity contribution in [1.82, 2.24) is 0 Å². The van der Waals surface area contributed by atoms with Gasteiger partial charge in [0.15, 0.2) is 0 Å². The van der Waals surface area contributed by atoms with Crippen LogP contribution >= 0.6 is 23.5 Å². The lowest BCUT2D eigenvalue weighted by atomic mass is 9.98. The average Bonchev–Trinajstić information content (AvgIpc) is 2.70. The number of carbonyl (C=O) groups is 1. The monoisotopic (exact) mass is 380 g/mol. The van der Waals surface area contributed by atoms with Crippen molar-refractivity contribution >= 4 is 28.6 Å². The van der Waals surface area contributed by atoms with Gasteiger partial charge >= 0.3 is 0 Å². The molecule has 3 rings (SSSR count). The predicted octanol–water partition coefficient (Wildman–Crippen LogP) is 5.45. The van der Waals surface area contributed by atoms with Gasteiger partial charge < -0.3 is 5.11 Å². The Morgan fingerprint density at radius 3 is 1.85 bits per heavy atom. The third-order valence-corrected chi connectivity index (χ3v) is 6.10. The summed E-state index contributed by atoms with van der Waals surface area (Å²) < 4.78 is 0. The summed E-state index contributed by atoms with van der Waals surface area (Å²) in [6, 6.07) is 29.0. The molecule has 0 saturated carbocycles. The molecule has 1 N–H and O–H groups in total. The minimum Gasteiger partial charge on any atom is -0.388 e. The van der Waals surface area contributed by atoms with Crippen molar-refractivity contribution in [3.63, 3.8) is 0 Å². The standard InChI is InChI=1S/C22H20O2S2/c23-21(17-10-4-1-5-11-17)20(16-25-18-12-6-2-7-13-18)22(24)26-19-14-8-3-9-15-19/h1-15,20-21,23H,16H2/t20-,21-/m1/s1. The van der Waals surface area contributed by atoms with Gasteiger partial charge in [-0.25, -0.2) is 0 Å². The van der Waals surface area contributed by atoms with Gasteiger partial charge in [-0.2, -0.15) is 0 Å². The zero-order valence-electron chi connectivity index (χ0n) is 14.2. The van der Waals surface area contributed by atoms with E-state index >= 15 is 0 Å². The minimum atomic E-state index is -0.823. The summed E-state index contributed by atoms with van der Waals surface area (Å²) in [4.78, 5) is 14.9. The van der Waals surface area contributed by atoms with Crippen molar-refractivity contribution in [2.24, 2.45) is 5.92 Å². The van der Waals surface area contributed by atoms with E-state index in [1.165, 1.54) is 11.8 Å². The second-order valence-corrected chi connectivity index (χ2v) is 7.99. The van der Waals surface area contributed by atoms with Gasteiger partial charge in [-0.3, -0.25) is 4.79 Å². The Labute approximate surface area is 162 Å². The fourth-order valence-corrected chi connectivity index (χ4v) is 4.60. The molecule has 0 spiro atoms. The number of rotatable bonds is 7. The summed E-state index contributed by atoms with van der Waals surface area (Å²) in [6.45, 7) is 0. The molecule has 0 aliphatic carbocycles. The normalized spacial score (nSPS) is 13.1. The van der Waals surface area contributed by atoms with E-state index < -0.39 is 12.0 Å². The van der Waals surface area contributed by atoms with Crippen molar-refractivity contribution in [1.29, 1.82) is 0 Å². The van der Waals surface area contributed by atoms with Crippen LogP contribution in [0, 0.1) is 5.92 Å². The maximum Gasteiger partial charge on any atom is 0.200 e. The molecular formula is C22H20O2S2. The van der Waals surface area contributed by atoms with E-state index in [1.807, 2.05) is 91.0 Å². The van der Waals surface area contributed by atoms with Crippen LogP contribution in [0.25, 0.3) is 0 Å². The highest BCUT2D eigenvalue weighted by Crippen LogP contribution is 2.34. The number of benzene rings is 3. The first-order valence-corrected chi connectivity index (χ1v) is 10.2. The summed E-state index contributed by atoms with van der Waals surface area (Å²) in [5.41, 5.74) is 0.771. The first kappa shape index (κ1) is 18.8. The van der Waals surface area contributed by atoms with E-state index in [2.05, 4.69) is 0 Å². The zero-order chi connectivity index (χ0) is 18.2. The van der Waals surface area contributed by atoms with E-state index in [0.29, 0.717) is 5.75 Å². The number of hydrogen-bond donors (Lipinski definition) is 1. The van der Waals surface area contributed by atoms with Crippen LogP contribution in [0.2, 0.25) is 0 Å². The molecule has 0 aliphatic heterocycles. The van der Waals surface area contributed by atoms with Gasteiger partial charge in [0.2, 0.25) is 5.12 Å². The molecule has 0 heterocycles. The highest BCUT2D eigenvalue weighted by Gasteiger charge is 2.28. The van der Waals surface area contributed by atoms with Gasteiger partial charge in [0, 0.05) is 15.5 Å². The van der Waals surface area contributed by atoms with E-state index in [4.69, 9.17) is 0 Å². The number of aliphatic hydroxyl groups is 1. The third kappa shape index (κ3) is 5.24. The molecule has 0 fully saturated rings. The van der Waals surface area contributed by atoms with Gasteiger partial charge in [-0.1, -0.05) is 78.5 Å². The SMILES string of the molecule is O=C(Sc1ccccc1)[C@H](CSc1ccccc1)[C@H](O)c1ccccc1. The van der Waals surface area contributed by atoms with Crippen LogP contribution in [0.3, 0.4) is 0 Å². The lowest BCUT2D eigenvalue weighted by Gasteiger charge is -2.21. The van der Waals surface area contributed by atoms with Crippen molar-refractivity contribution in [3.05, 3.63) is 96.6 Å². The Kier molecular flexibility index (Phi) is 6.95. The lowest BCUT2D eigenvalue weighted by molar-refractivity contribution is -0.116. The molecular weight excluding hydrogens is 360 g/mol. The largest absolute Gasteiger partial charge is 0.388 e. The van der Waals surface area contributed by atoms with Crippen molar-refractivity contribution in [2.45, 2.75) is 15.9 Å². The van der Waals surface area contributed by atoms with Crippen LogP contribution in [-0.2, 0) is 4.79 Å². The van der Waals surface area contributed by atoms with Crippen molar-refractivity contribution in [2.75, 3.05) is 5.75 Å². The third-order valence-electron chi connectivity index (χ3n) is 3.96. The molecule has 0 unspecified atom stereocenters. The number of thioether (sulfide) groups is 2. The first-order chi connectivity index (χ1) is 12.7. The molecule has 0 amide bonds. The summed E-state index contributed by atoms with van der Waals surface area (Å²) in [5, 5.41) is 10.8. The molecule has 2 nitrogen and oxygen atoms in total. The van der Waals surface area contributed by atoms with Crippen molar-refractivity contribution < 1.29 is 9.90 Å². The van der Waals surface area contributed by atoms with Gasteiger partial charge in [0.25, 0.3) is 0 Å². The molecule has 0 bridgehead atoms. The molecule has 0 aliphatic rings.